The number of hydrogen-bond donors (Lipinski definition) is 4. The SMILES string of the molecule is CCn1c(CC[C@@H]2CCCN2C(=O)CC(NC2CC2)C(=O)O)cc2ccc(C(=N)N)cc21. The fraction of sp³-hybridized carbons (Fsp3) is 0.542. The molecule has 1 saturated carbocycles. The van der Waals surface area contributed by atoms with Gasteiger partial charge in [0.25, 0.3) is 0 Å². The van der Waals surface area contributed by atoms with Gasteiger partial charge in [0.1, 0.15) is 11.9 Å². The lowest BCUT2D eigenvalue weighted by molar-refractivity contribution is -0.143. The zero-order valence-corrected chi connectivity index (χ0v) is 18.6. The van der Waals surface area contributed by atoms with E-state index in [9.17, 15) is 14.7 Å². The fourth-order valence-electron chi connectivity index (χ4n) is 4.88. The molecule has 1 unspecified atom stereocenters. The third-order valence-corrected chi connectivity index (χ3v) is 6.74. The number of likely N-dealkylation sites (tertiary alicyclic amines) is 1. The molecular weight excluding hydrogens is 406 g/mol. The Hall–Kier alpha value is -2.87. The number of aryl methyl sites for hydroxylation is 2. The Bertz CT molecular complexity index is 1030. The van der Waals surface area contributed by atoms with Crippen molar-refractivity contribution in [2.45, 2.75) is 76.5 Å². The number of nitrogens with two attached hydrogens (primary N) is 1. The number of benzene rings is 1. The van der Waals surface area contributed by atoms with Gasteiger partial charge in [-0.3, -0.25) is 15.0 Å². The van der Waals surface area contributed by atoms with E-state index in [0.717, 1.165) is 61.5 Å². The molecule has 0 spiro atoms. The largest absolute Gasteiger partial charge is 0.480 e. The Morgan fingerprint density at radius 2 is 2.06 bits per heavy atom. The first-order valence-electron chi connectivity index (χ1n) is 11.6. The molecule has 2 fully saturated rings. The monoisotopic (exact) mass is 439 g/mol. The molecule has 1 aliphatic carbocycles. The second-order valence-corrected chi connectivity index (χ2v) is 9.02. The first-order valence-corrected chi connectivity index (χ1v) is 11.6. The van der Waals surface area contributed by atoms with Crippen LogP contribution in [0.3, 0.4) is 0 Å². The highest BCUT2D eigenvalue weighted by Gasteiger charge is 2.34. The van der Waals surface area contributed by atoms with Crippen LogP contribution < -0.4 is 11.1 Å². The van der Waals surface area contributed by atoms with Crippen LogP contribution in [0.25, 0.3) is 10.9 Å². The van der Waals surface area contributed by atoms with Gasteiger partial charge >= 0.3 is 5.97 Å². The average molecular weight is 440 g/mol. The van der Waals surface area contributed by atoms with Gasteiger partial charge in [0.15, 0.2) is 0 Å². The van der Waals surface area contributed by atoms with E-state index in [-0.39, 0.29) is 30.2 Å². The first-order chi connectivity index (χ1) is 15.4. The van der Waals surface area contributed by atoms with E-state index in [1.165, 1.54) is 5.69 Å². The van der Waals surface area contributed by atoms with Gasteiger partial charge in [-0.15, -0.1) is 0 Å². The van der Waals surface area contributed by atoms with E-state index in [2.05, 4.69) is 22.9 Å². The molecule has 172 valence electrons. The summed E-state index contributed by atoms with van der Waals surface area (Å²) in [7, 11) is 0. The van der Waals surface area contributed by atoms with Crippen molar-refractivity contribution in [3.63, 3.8) is 0 Å². The summed E-state index contributed by atoms with van der Waals surface area (Å²) in [4.78, 5) is 26.4. The van der Waals surface area contributed by atoms with Crippen molar-refractivity contribution in [2.24, 2.45) is 5.73 Å². The van der Waals surface area contributed by atoms with Crippen LogP contribution in [0.4, 0.5) is 0 Å². The van der Waals surface area contributed by atoms with Gasteiger partial charge in [-0.05, 0) is 63.0 Å². The van der Waals surface area contributed by atoms with E-state index in [0.29, 0.717) is 6.54 Å². The van der Waals surface area contributed by atoms with Crippen molar-refractivity contribution in [1.29, 1.82) is 5.41 Å². The van der Waals surface area contributed by atoms with Gasteiger partial charge in [0.2, 0.25) is 5.91 Å². The zero-order valence-electron chi connectivity index (χ0n) is 18.6. The number of amides is 1. The minimum Gasteiger partial charge on any atom is -0.480 e. The number of carbonyl (C=O) groups is 2. The topological polar surface area (TPSA) is 124 Å². The number of nitrogens with zero attached hydrogens (tertiary/aromatic N) is 2. The number of carboxylic acids is 1. The Morgan fingerprint density at radius 3 is 2.72 bits per heavy atom. The van der Waals surface area contributed by atoms with Crippen molar-refractivity contribution in [3.05, 3.63) is 35.5 Å². The van der Waals surface area contributed by atoms with E-state index in [4.69, 9.17) is 11.1 Å². The average Bonchev–Trinajstić information content (AvgIpc) is 3.33. The molecule has 5 N–H and O–H groups in total. The molecule has 1 aromatic carbocycles. The van der Waals surface area contributed by atoms with E-state index >= 15 is 0 Å². The predicted molar refractivity (Wildman–Crippen MR) is 124 cm³/mol. The van der Waals surface area contributed by atoms with Crippen LogP contribution in [0.1, 0.15) is 56.7 Å². The molecule has 32 heavy (non-hydrogen) atoms. The summed E-state index contributed by atoms with van der Waals surface area (Å²) in [5, 5.41) is 21.4. The van der Waals surface area contributed by atoms with E-state index in [1.807, 2.05) is 23.1 Å². The number of carboxylic acid groups (broad SMARTS) is 1. The van der Waals surface area contributed by atoms with Crippen LogP contribution in [0.15, 0.2) is 24.3 Å². The van der Waals surface area contributed by atoms with E-state index < -0.39 is 12.0 Å². The van der Waals surface area contributed by atoms with Crippen LogP contribution in [-0.2, 0) is 22.6 Å². The number of aliphatic carboxylic acids is 1. The highest BCUT2D eigenvalue weighted by molar-refractivity contribution is 5.98. The molecule has 4 rings (SSSR count). The summed E-state index contributed by atoms with van der Waals surface area (Å²) in [5.41, 5.74) is 8.67. The summed E-state index contributed by atoms with van der Waals surface area (Å²) in [6, 6.07) is 7.63. The number of nitrogens with one attached hydrogen (secondary N) is 2. The minimum absolute atomic E-state index is 0.0192. The Labute approximate surface area is 188 Å². The van der Waals surface area contributed by atoms with Crippen LogP contribution in [-0.4, -0.2) is 57.0 Å². The smallest absolute Gasteiger partial charge is 0.321 e. The molecule has 1 amide bonds. The highest BCUT2D eigenvalue weighted by atomic mass is 16.4. The molecule has 8 heteroatoms. The number of aromatic nitrogens is 1. The van der Waals surface area contributed by atoms with Crippen molar-refractivity contribution in [2.75, 3.05) is 6.54 Å². The third-order valence-electron chi connectivity index (χ3n) is 6.74. The van der Waals surface area contributed by atoms with Gasteiger partial charge in [0, 0.05) is 41.9 Å². The van der Waals surface area contributed by atoms with Crippen molar-refractivity contribution >= 4 is 28.6 Å². The summed E-state index contributed by atoms with van der Waals surface area (Å²) < 4.78 is 2.25. The van der Waals surface area contributed by atoms with Crippen molar-refractivity contribution in [1.82, 2.24) is 14.8 Å². The molecule has 1 aromatic heterocycles. The predicted octanol–water partition coefficient (Wildman–Crippen LogP) is 2.46. The van der Waals surface area contributed by atoms with Crippen LogP contribution in [0.5, 0.6) is 0 Å². The normalized spacial score (nSPS) is 19.4. The molecule has 0 radical (unpaired) electrons. The maximum absolute atomic E-state index is 12.9. The Kier molecular flexibility index (Phi) is 6.50. The highest BCUT2D eigenvalue weighted by Crippen LogP contribution is 2.27. The van der Waals surface area contributed by atoms with Gasteiger partial charge in [-0.25, -0.2) is 0 Å². The lowest BCUT2D eigenvalue weighted by atomic mass is 10.1. The Balaban J connectivity index is 1.43. The van der Waals surface area contributed by atoms with Crippen LogP contribution >= 0.6 is 0 Å². The lowest BCUT2D eigenvalue weighted by Crippen LogP contribution is -2.44. The number of rotatable bonds is 10. The number of amidine groups is 1. The second kappa shape index (κ2) is 9.32. The summed E-state index contributed by atoms with van der Waals surface area (Å²) in [6.07, 6.45) is 5.62. The standard InChI is InChI=1S/C24H33N5O3/c1-2-28-19(12-15-5-6-16(23(25)26)13-21(15)28)10-9-18-4-3-11-29(18)22(30)14-20(24(31)32)27-17-7-8-17/h5-6,12-13,17-18,20,27H,2-4,7-11,14H2,1H3,(H3,25,26)(H,31,32)/t18-,20?/m0/s1. The van der Waals surface area contributed by atoms with Gasteiger partial charge in [-0.2, -0.15) is 0 Å². The number of fused-ring (bicyclic) bond motifs is 1. The molecule has 2 aliphatic rings. The number of nitrogen functional groups attached to an aromatic ring is 1. The quantitative estimate of drug-likeness (QED) is 0.334. The first kappa shape index (κ1) is 22.3. The maximum atomic E-state index is 12.9. The second-order valence-electron chi connectivity index (χ2n) is 9.02. The molecule has 2 heterocycles. The molecular formula is C24H33N5O3. The summed E-state index contributed by atoms with van der Waals surface area (Å²) in [6.45, 7) is 3.63. The molecule has 2 aromatic rings. The zero-order chi connectivity index (χ0) is 22.8. The molecule has 1 aliphatic heterocycles. The Morgan fingerprint density at radius 1 is 1.28 bits per heavy atom. The minimum atomic E-state index is -0.946. The lowest BCUT2D eigenvalue weighted by Gasteiger charge is -2.26. The molecule has 1 saturated heterocycles. The van der Waals surface area contributed by atoms with E-state index in [1.54, 1.807) is 0 Å². The van der Waals surface area contributed by atoms with Gasteiger partial charge in [0.05, 0.1) is 6.42 Å². The van der Waals surface area contributed by atoms with Gasteiger partial charge < -0.3 is 25.6 Å². The number of carbonyl (C=O) groups excluding carboxylic acids is 1. The molecule has 8 nitrogen and oxygen atoms in total. The third kappa shape index (κ3) is 4.80. The summed E-state index contributed by atoms with van der Waals surface area (Å²) >= 11 is 0. The maximum Gasteiger partial charge on any atom is 0.321 e. The molecule has 2 atom stereocenters. The fourth-order valence-corrected chi connectivity index (χ4v) is 4.88. The molecule has 0 bridgehead atoms. The van der Waals surface area contributed by atoms with Crippen molar-refractivity contribution < 1.29 is 14.7 Å². The summed E-state index contributed by atoms with van der Waals surface area (Å²) in [5.74, 6) is -0.943. The van der Waals surface area contributed by atoms with Crippen LogP contribution in [0.2, 0.25) is 0 Å². The van der Waals surface area contributed by atoms with Gasteiger partial charge in [-0.1, -0.05) is 12.1 Å². The van der Waals surface area contributed by atoms with Crippen LogP contribution in [0, 0.1) is 5.41 Å². The van der Waals surface area contributed by atoms with Crippen molar-refractivity contribution in [3.8, 4) is 0 Å². The number of hydrogen-bond acceptors (Lipinski definition) is 4.